The quantitative estimate of drug-likeness (QED) is 0.436. The monoisotopic (exact) mass is 187 g/mol. The highest BCUT2D eigenvalue weighted by Gasteiger charge is 2.27. The van der Waals surface area contributed by atoms with Gasteiger partial charge in [0.2, 0.25) is 0 Å². The van der Waals surface area contributed by atoms with Gasteiger partial charge in [-0.15, -0.1) is 0 Å². The zero-order valence-corrected chi connectivity index (χ0v) is 7.70. The number of nitrogens with one attached hydrogen (secondary N) is 1. The fourth-order valence-electron chi connectivity index (χ4n) is 1.17. The van der Waals surface area contributed by atoms with Gasteiger partial charge in [0.05, 0.1) is 26.4 Å². The molecule has 1 N–H and O–H groups in total. The molecule has 1 saturated heterocycles. The molecule has 0 aromatic rings. The molecule has 0 spiro atoms. The number of ether oxygens (including phenoxy) is 2. The van der Waals surface area contributed by atoms with E-state index in [1.165, 1.54) is 7.11 Å². The molecule has 5 nitrogen and oxygen atoms in total. The number of hydrogen-bond acceptors (Lipinski definition) is 4. The van der Waals surface area contributed by atoms with Crippen LogP contribution in [0, 0.1) is 5.92 Å². The molecule has 2 unspecified atom stereocenters. The van der Waals surface area contributed by atoms with Crippen molar-refractivity contribution < 1.29 is 19.1 Å². The summed E-state index contributed by atoms with van der Waals surface area (Å²) in [4.78, 5) is 21.8. The Balaban J connectivity index is 2.39. The molecule has 0 radical (unpaired) electrons. The molecule has 1 rings (SSSR count). The summed E-state index contributed by atoms with van der Waals surface area (Å²) in [5.74, 6) is -1.32. The molecular weight excluding hydrogens is 174 g/mol. The summed E-state index contributed by atoms with van der Waals surface area (Å²) in [6.07, 6.45) is 0. The molecule has 0 aromatic carbocycles. The minimum Gasteiger partial charge on any atom is -0.462 e. The largest absolute Gasteiger partial charge is 0.462 e. The molecule has 5 heteroatoms. The average Bonchev–Trinajstić information content (AvgIpc) is 2.50. The van der Waals surface area contributed by atoms with Gasteiger partial charge >= 0.3 is 11.9 Å². The van der Waals surface area contributed by atoms with Crippen molar-refractivity contribution in [2.75, 3.05) is 20.3 Å². The van der Waals surface area contributed by atoms with Crippen molar-refractivity contribution in [2.45, 2.75) is 13.0 Å². The Kier molecular flexibility index (Phi) is 3.25. The van der Waals surface area contributed by atoms with Crippen molar-refractivity contribution in [3.63, 3.8) is 0 Å². The van der Waals surface area contributed by atoms with Crippen LogP contribution in [0.5, 0.6) is 0 Å². The fraction of sp³-hybridized carbons (Fsp3) is 0.750. The molecule has 2 atom stereocenters. The van der Waals surface area contributed by atoms with Gasteiger partial charge in [-0.2, -0.15) is 0 Å². The van der Waals surface area contributed by atoms with Crippen LogP contribution in [0.1, 0.15) is 6.92 Å². The normalized spacial score (nSPS) is 26.9. The number of rotatable bonds is 1. The Bertz CT molecular complexity index is 216. The van der Waals surface area contributed by atoms with E-state index < -0.39 is 11.9 Å². The molecule has 0 saturated carbocycles. The van der Waals surface area contributed by atoms with Crippen molar-refractivity contribution >= 4 is 11.9 Å². The fourth-order valence-corrected chi connectivity index (χ4v) is 1.17. The summed E-state index contributed by atoms with van der Waals surface area (Å²) in [6.45, 7) is 3.03. The van der Waals surface area contributed by atoms with Crippen LogP contribution in [0.2, 0.25) is 0 Å². The van der Waals surface area contributed by atoms with Crippen LogP contribution >= 0.6 is 0 Å². The Labute approximate surface area is 76.4 Å². The Morgan fingerprint density at radius 3 is 2.62 bits per heavy atom. The summed E-state index contributed by atoms with van der Waals surface area (Å²) >= 11 is 0. The van der Waals surface area contributed by atoms with Gasteiger partial charge in [0.15, 0.2) is 0 Å². The third-order valence-corrected chi connectivity index (χ3v) is 2.05. The summed E-state index contributed by atoms with van der Waals surface area (Å²) in [6, 6.07) is -0.0772. The third-order valence-electron chi connectivity index (χ3n) is 2.05. The van der Waals surface area contributed by atoms with Gasteiger partial charge in [-0.05, 0) is 0 Å². The predicted octanol–water partition coefficient (Wildman–Crippen LogP) is -0.690. The topological polar surface area (TPSA) is 64.6 Å². The standard InChI is InChI=1S/C8H13NO4/c1-5-3-13-4-6(5)9-7(10)8(11)12-2/h5-6H,3-4H2,1-2H3,(H,9,10). The highest BCUT2D eigenvalue weighted by Crippen LogP contribution is 2.11. The number of amides is 1. The van der Waals surface area contributed by atoms with Crippen LogP contribution in [0.15, 0.2) is 0 Å². The lowest BCUT2D eigenvalue weighted by molar-refractivity contribution is -0.153. The predicted molar refractivity (Wildman–Crippen MR) is 43.9 cm³/mol. The van der Waals surface area contributed by atoms with Gasteiger partial charge in [0.25, 0.3) is 0 Å². The second-order valence-corrected chi connectivity index (χ2v) is 3.09. The van der Waals surface area contributed by atoms with Crippen molar-refractivity contribution in [1.82, 2.24) is 5.32 Å². The molecule has 0 bridgehead atoms. The zero-order chi connectivity index (χ0) is 9.84. The SMILES string of the molecule is COC(=O)C(=O)NC1COCC1C. The summed E-state index contributed by atoms with van der Waals surface area (Å²) in [5, 5.41) is 2.54. The molecule has 74 valence electrons. The van der Waals surface area contributed by atoms with E-state index in [4.69, 9.17) is 4.74 Å². The highest BCUT2D eigenvalue weighted by atomic mass is 16.5. The maximum Gasteiger partial charge on any atom is 0.396 e. The lowest BCUT2D eigenvalue weighted by Gasteiger charge is -2.13. The number of esters is 1. The van der Waals surface area contributed by atoms with Gasteiger partial charge in [-0.1, -0.05) is 6.92 Å². The number of hydrogen-bond donors (Lipinski definition) is 1. The van der Waals surface area contributed by atoms with E-state index in [-0.39, 0.29) is 12.0 Å². The van der Waals surface area contributed by atoms with Gasteiger partial charge in [0, 0.05) is 5.92 Å². The van der Waals surface area contributed by atoms with E-state index in [1.54, 1.807) is 0 Å². The molecule has 0 aliphatic carbocycles. The lowest BCUT2D eigenvalue weighted by atomic mass is 10.1. The first-order chi connectivity index (χ1) is 6.15. The number of carbonyl (C=O) groups excluding carboxylic acids is 2. The second kappa shape index (κ2) is 4.23. The maximum absolute atomic E-state index is 11.0. The summed E-state index contributed by atoms with van der Waals surface area (Å²) in [7, 11) is 1.18. The van der Waals surface area contributed by atoms with Crippen LogP contribution in [0.3, 0.4) is 0 Å². The molecular formula is C8H13NO4. The van der Waals surface area contributed by atoms with Gasteiger partial charge in [0.1, 0.15) is 0 Å². The molecule has 13 heavy (non-hydrogen) atoms. The Hall–Kier alpha value is -1.10. The Morgan fingerprint density at radius 1 is 1.46 bits per heavy atom. The van der Waals surface area contributed by atoms with Crippen LogP contribution in [0.25, 0.3) is 0 Å². The van der Waals surface area contributed by atoms with Crippen molar-refractivity contribution in [1.29, 1.82) is 0 Å². The summed E-state index contributed by atoms with van der Waals surface area (Å²) in [5.41, 5.74) is 0. The zero-order valence-electron chi connectivity index (χ0n) is 7.70. The Morgan fingerprint density at radius 2 is 2.15 bits per heavy atom. The molecule has 1 heterocycles. The summed E-state index contributed by atoms with van der Waals surface area (Å²) < 4.78 is 9.38. The van der Waals surface area contributed by atoms with Gasteiger partial charge < -0.3 is 14.8 Å². The van der Waals surface area contributed by atoms with E-state index in [1.807, 2.05) is 6.92 Å². The first kappa shape index (κ1) is 9.98. The van der Waals surface area contributed by atoms with E-state index in [9.17, 15) is 9.59 Å². The first-order valence-corrected chi connectivity index (χ1v) is 4.11. The molecule has 0 aromatic heterocycles. The number of carbonyl (C=O) groups is 2. The van der Waals surface area contributed by atoms with Crippen LogP contribution < -0.4 is 5.32 Å². The van der Waals surface area contributed by atoms with Crippen molar-refractivity contribution in [3.05, 3.63) is 0 Å². The van der Waals surface area contributed by atoms with Crippen molar-refractivity contribution in [3.8, 4) is 0 Å². The van der Waals surface area contributed by atoms with Gasteiger partial charge in [-0.25, -0.2) is 4.79 Å². The number of methoxy groups -OCH3 is 1. The van der Waals surface area contributed by atoms with Gasteiger partial charge in [-0.3, -0.25) is 4.79 Å². The molecule has 1 amide bonds. The van der Waals surface area contributed by atoms with E-state index in [0.29, 0.717) is 13.2 Å². The van der Waals surface area contributed by atoms with Crippen LogP contribution in [-0.2, 0) is 19.1 Å². The smallest absolute Gasteiger partial charge is 0.396 e. The minimum absolute atomic E-state index is 0.0772. The minimum atomic E-state index is -0.862. The lowest BCUT2D eigenvalue weighted by Crippen LogP contribution is -2.42. The second-order valence-electron chi connectivity index (χ2n) is 3.09. The van der Waals surface area contributed by atoms with E-state index >= 15 is 0 Å². The van der Waals surface area contributed by atoms with Crippen molar-refractivity contribution in [2.24, 2.45) is 5.92 Å². The van der Waals surface area contributed by atoms with E-state index in [2.05, 4.69) is 10.1 Å². The van der Waals surface area contributed by atoms with E-state index in [0.717, 1.165) is 0 Å². The first-order valence-electron chi connectivity index (χ1n) is 4.11. The highest BCUT2D eigenvalue weighted by molar-refractivity contribution is 6.32. The maximum atomic E-state index is 11.0. The molecule has 1 aliphatic heterocycles. The molecule has 1 aliphatic rings. The third kappa shape index (κ3) is 2.42. The van der Waals surface area contributed by atoms with Crippen LogP contribution in [-0.4, -0.2) is 38.2 Å². The molecule has 1 fully saturated rings. The van der Waals surface area contributed by atoms with Crippen LogP contribution in [0.4, 0.5) is 0 Å². The average molecular weight is 187 g/mol.